The molecular weight excluding hydrogens is 258 g/mol. The first-order chi connectivity index (χ1) is 9.26. The number of benzene rings is 1. The lowest BCUT2D eigenvalue weighted by molar-refractivity contribution is 0.178. The van der Waals surface area contributed by atoms with Crippen LogP contribution < -0.4 is 10.2 Å². The Labute approximate surface area is 121 Å². The summed E-state index contributed by atoms with van der Waals surface area (Å²) in [6, 6.07) is 8.78. The Morgan fingerprint density at radius 1 is 1.21 bits per heavy atom. The van der Waals surface area contributed by atoms with Crippen LogP contribution in [-0.2, 0) is 0 Å². The van der Waals surface area contributed by atoms with Crippen molar-refractivity contribution in [3.05, 3.63) is 29.3 Å². The quantitative estimate of drug-likeness (QED) is 0.894. The smallest absolute Gasteiger partial charge is 0.0639 e. The molecule has 0 amide bonds. The van der Waals surface area contributed by atoms with Crippen molar-refractivity contribution >= 4 is 17.3 Å². The van der Waals surface area contributed by atoms with Crippen LogP contribution in [-0.4, -0.2) is 50.7 Å². The summed E-state index contributed by atoms with van der Waals surface area (Å²) in [5.74, 6) is 0. The second kappa shape index (κ2) is 7.13. The van der Waals surface area contributed by atoms with Crippen molar-refractivity contribution < 1.29 is 0 Å². The molecule has 0 aromatic heterocycles. The fourth-order valence-corrected chi connectivity index (χ4v) is 3.06. The maximum Gasteiger partial charge on any atom is 0.0639 e. The van der Waals surface area contributed by atoms with Gasteiger partial charge < -0.3 is 10.2 Å². The van der Waals surface area contributed by atoms with Crippen molar-refractivity contribution in [2.24, 2.45) is 0 Å². The minimum atomic E-state index is 0.651. The normalized spacial score (nSPS) is 18.6. The zero-order chi connectivity index (χ0) is 13.7. The van der Waals surface area contributed by atoms with Gasteiger partial charge in [-0.2, -0.15) is 0 Å². The molecule has 0 aliphatic carbocycles. The van der Waals surface area contributed by atoms with E-state index in [9.17, 15) is 0 Å². The molecule has 3 nitrogen and oxygen atoms in total. The Hall–Kier alpha value is -0.770. The SMILES string of the molecule is CCC(CNC)N1CCN(c2ccccc2Cl)CC1. The molecular formula is C15H24ClN3. The van der Waals surface area contributed by atoms with Gasteiger partial charge >= 0.3 is 0 Å². The van der Waals surface area contributed by atoms with Gasteiger partial charge in [0.15, 0.2) is 0 Å². The van der Waals surface area contributed by atoms with Crippen LogP contribution in [0.5, 0.6) is 0 Å². The highest BCUT2D eigenvalue weighted by Gasteiger charge is 2.23. The van der Waals surface area contributed by atoms with E-state index < -0.39 is 0 Å². The Kier molecular flexibility index (Phi) is 5.49. The van der Waals surface area contributed by atoms with Crippen LogP contribution in [0.15, 0.2) is 24.3 Å². The van der Waals surface area contributed by atoms with E-state index >= 15 is 0 Å². The van der Waals surface area contributed by atoms with Gasteiger partial charge in [0.2, 0.25) is 0 Å². The molecule has 0 bridgehead atoms. The van der Waals surface area contributed by atoms with E-state index in [1.807, 2.05) is 19.2 Å². The second-order valence-corrected chi connectivity index (χ2v) is 5.50. The van der Waals surface area contributed by atoms with Crippen LogP contribution in [0.2, 0.25) is 5.02 Å². The third kappa shape index (κ3) is 3.62. The van der Waals surface area contributed by atoms with Crippen LogP contribution in [0, 0.1) is 0 Å². The molecule has 4 heteroatoms. The molecule has 1 aliphatic rings. The molecule has 1 saturated heterocycles. The van der Waals surface area contributed by atoms with Crippen LogP contribution in [0.3, 0.4) is 0 Å². The van der Waals surface area contributed by atoms with E-state index in [4.69, 9.17) is 11.6 Å². The molecule has 19 heavy (non-hydrogen) atoms. The number of para-hydroxylation sites is 1. The van der Waals surface area contributed by atoms with Gasteiger partial charge in [0, 0.05) is 38.8 Å². The third-order valence-corrected chi connectivity index (χ3v) is 4.25. The topological polar surface area (TPSA) is 18.5 Å². The summed E-state index contributed by atoms with van der Waals surface area (Å²) in [5.41, 5.74) is 1.17. The van der Waals surface area contributed by atoms with Crippen molar-refractivity contribution in [3.63, 3.8) is 0 Å². The molecule has 1 N–H and O–H groups in total. The van der Waals surface area contributed by atoms with Crippen molar-refractivity contribution in [1.82, 2.24) is 10.2 Å². The molecule has 1 atom stereocenters. The zero-order valence-electron chi connectivity index (χ0n) is 11.9. The van der Waals surface area contributed by atoms with Gasteiger partial charge in [-0.1, -0.05) is 30.7 Å². The van der Waals surface area contributed by atoms with E-state index in [0.29, 0.717) is 6.04 Å². The summed E-state index contributed by atoms with van der Waals surface area (Å²) in [6.07, 6.45) is 1.20. The van der Waals surface area contributed by atoms with Gasteiger partial charge in [-0.05, 0) is 25.6 Å². The summed E-state index contributed by atoms with van der Waals surface area (Å²) >= 11 is 6.27. The maximum absolute atomic E-state index is 6.27. The van der Waals surface area contributed by atoms with E-state index in [2.05, 4.69) is 34.2 Å². The first kappa shape index (κ1) is 14.6. The van der Waals surface area contributed by atoms with E-state index in [-0.39, 0.29) is 0 Å². The van der Waals surface area contributed by atoms with Gasteiger partial charge in [-0.15, -0.1) is 0 Å². The van der Waals surface area contributed by atoms with Gasteiger partial charge in [0.05, 0.1) is 10.7 Å². The minimum Gasteiger partial charge on any atom is -0.368 e. The van der Waals surface area contributed by atoms with E-state index in [0.717, 1.165) is 37.7 Å². The number of anilines is 1. The highest BCUT2D eigenvalue weighted by Crippen LogP contribution is 2.26. The van der Waals surface area contributed by atoms with Gasteiger partial charge in [0.1, 0.15) is 0 Å². The third-order valence-electron chi connectivity index (χ3n) is 3.93. The van der Waals surface area contributed by atoms with Crippen LogP contribution >= 0.6 is 11.6 Å². The van der Waals surface area contributed by atoms with Crippen molar-refractivity contribution in [2.75, 3.05) is 44.7 Å². The van der Waals surface area contributed by atoms with Gasteiger partial charge in [-0.3, -0.25) is 4.90 Å². The van der Waals surface area contributed by atoms with Crippen molar-refractivity contribution in [3.8, 4) is 0 Å². The predicted molar refractivity (Wildman–Crippen MR) is 83.2 cm³/mol. The zero-order valence-corrected chi connectivity index (χ0v) is 12.7. The average Bonchev–Trinajstić information content (AvgIpc) is 2.46. The lowest BCUT2D eigenvalue weighted by Crippen LogP contribution is -2.52. The van der Waals surface area contributed by atoms with Crippen LogP contribution in [0.25, 0.3) is 0 Å². The number of nitrogens with one attached hydrogen (secondary N) is 1. The Morgan fingerprint density at radius 3 is 2.47 bits per heavy atom. The Bertz CT molecular complexity index is 389. The molecule has 1 aliphatic heterocycles. The molecule has 0 saturated carbocycles. The Morgan fingerprint density at radius 2 is 1.89 bits per heavy atom. The van der Waals surface area contributed by atoms with E-state index in [1.165, 1.54) is 12.1 Å². The van der Waals surface area contributed by atoms with Gasteiger partial charge in [-0.25, -0.2) is 0 Å². The fourth-order valence-electron chi connectivity index (χ4n) is 2.80. The molecule has 0 spiro atoms. The standard InChI is InChI=1S/C15H24ClN3/c1-3-13(12-17-2)18-8-10-19(11-9-18)15-7-5-4-6-14(15)16/h4-7,13,17H,3,8-12H2,1-2H3. The second-order valence-electron chi connectivity index (χ2n) is 5.09. The number of nitrogens with zero attached hydrogens (tertiary/aromatic N) is 2. The number of hydrogen-bond acceptors (Lipinski definition) is 3. The molecule has 2 rings (SSSR count). The first-order valence-electron chi connectivity index (χ1n) is 7.14. The molecule has 0 radical (unpaired) electrons. The average molecular weight is 282 g/mol. The fraction of sp³-hybridized carbons (Fsp3) is 0.600. The molecule has 1 unspecified atom stereocenters. The Balaban J connectivity index is 1.94. The molecule has 106 valence electrons. The summed E-state index contributed by atoms with van der Waals surface area (Å²) in [4.78, 5) is 4.98. The van der Waals surface area contributed by atoms with Crippen molar-refractivity contribution in [2.45, 2.75) is 19.4 Å². The molecule has 1 fully saturated rings. The highest BCUT2D eigenvalue weighted by molar-refractivity contribution is 6.33. The minimum absolute atomic E-state index is 0.651. The molecule has 1 aromatic carbocycles. The van der Waals surface area contributed by atoms with Crippen molar-refractivity contribution in [1.29, 1.82) is 0 Å². The largest absolute Gasteiger partial charge is 0.368 e. The van der Waals surface area contributed by atoms with Crippen LogP contribution in [0.1, 0.15) is 13.3 Å². The summed E-state index contributed by atoms with van der Waals surface area (Å²) < 4.78 is 0. The molecule has 1 aromatic rings. The number of hydrogen-bond donors (Lipinski definition) is 1. The lowest BCUT2D eigenvalue weighted by Gasteiger charge is -2.40. The number of piperazine rings is 1. The molecule has 1 heterocycles. The summed E-state index contributed by atoms with van der Waals surface area (Å²) in [7, 11) is 2.03. The van der Waals surface area contributed by atoms with E-state index in [1.54, 1.807) is 0 Å². The highest BCUT2D eigenvalue weighted by atomic mass is 35.5. The number of halogens is 1. The summed E-state index contributed by atoms with van der Waals surface area (Å²) in [5, 5.41) is 4.15. The lowest BCUT2D eigenvalue weighted by atomic mass is 10.1. The number of likely N-dealkylation sites (N-methyl/N-ethyl adjacent to an activating group) is 1. The first-order valence-corrected chi connectivity index (χ1v) is 7.52. The maximum atomic E-state index is 6.27. The summed E-state index contributed by atoms with van der Waals surface area (Å²) in [6.45, 7) is 7.69. The monoisotopic (exact) mass is 281 g/mol. The van der Waals surface area contributed by atoms with Gasteiger partial charge in [0.25, 0.3) is 0 Å². The van der Waals surface area contributed by atoms with Crippen LogP contribution in [0.4, 0.5) is 5.69 Å². The number of rotatable bonds is 5. The predicted octanol–water partition coefficient (Wildman–Crippen LogP) is 2.46.